The Labute approximate surface area is 101 Å². The zero-order valence-electron chi connectivity index (χ0n) is 9.51. The molecule has 3 nitrogen and oxygen atoms in total. The third-order valence-corrected chi connectivity index (χ3v) is 2.80. The third kappa shape index (κ3) is 2.79. The average Bonchev–Trinajstić information content (AvgIpc) is 2.30. The van der Waals surface area contributed by atoms with Crippen molar-refractivity contribution in [1.82, 2.24) is 0 Å². The van der Waals surface area contributed by atoms with Crippen LogP contribution in [-0.2, 0) is 4.79 Å². The maximum absolute atomic E-state index is 12.1. The second-order valence-corrected chi connectivity index (χ2v) is 4.01. The van der Waals surface area contributed by atoms with E-state index in [2.05, 4.69) is 0 Å². The highest BCUT2D eigenvalue weighted by molar-refractivity contribution is 7.80. The quantitative estimate of drug-likeness (QED) is 0.813. The van der Waals surface area contributed by atoms with Crippen molar-refractivity contribution in [2.45, 2.75) is 13.8 Å². The van der Waals surface area contributed by atoms with Crippen LogP contribution in [0, 0.1) is 5.92 Å². The lowest BCUT2D eigenvalue weighted by Crippen LogP contribution is -2.39. The zero-order chi connectivity index (χ0) is 12.1. The van der Waals surface area contributed by atoms with Gasteiger partial charge >= 0.3 is 0 Å². The first kappa shape index (κ1) is 12.6. The molecular formula is C12H16N2OS. The van der Waals surface area contributed by atoms with Crippen molar-refractivity contribution in [1.29, 1.82) is 0 Å². The molecule has 0 spiro atoms. The highest BCUT2D eigenvalue weighted by Crippen LogP contribution is 2.16. The number of benzene rings is 1. The molecule has 1 aromatic rings. The van der Waals surface area contributed by atoms with Crippen LogP contribution in [0.2, 0.25) is 0 Å². The van der Waals surface area contributed by atoms with Gasteiger partial charge in [-0.1, -0.05) is 30.4 Å². The van der Waals surface area contributed by atoms with E-state index in [1.54, 1.807) is 11.8 Å². The van der Waals surface area contributed by atoms with Crippen LogP contribution >= 0.6 is 12.2 Å². The Bertz CT molecular complexity index is 378. The lowest BCUT2D eigenvalue weighted by molar-refractivity contribution is -0.120. The fourth-order valence-electron chi connectivity index (χ4n) is 1.43. The van der Waals surface area contributed by atoms with Crippen LogP contribution in [0.5, 0.6) is 0 Å². The number of hydrogen-bond acceptors (Lipinski definition) is 2. The summed E-state index contributed by atoms with van der Waals surface area (Å²) in [5.41, 5.74) is 6.36. The zero-order valence-corrected chi connectivity index (χ0v) is 10.3. The van der Waals surface area contributed by atoms with Crippen molar-refractivity contribution in [2.75, 3.05) is 11.4 Å². The molecule has 0 saturated heterocycles. The van der Waals surface area contributed by atoms with Gasteiger partial charge in [-0.2, -0.15) is 0 Å². The maximum atomic E-state index is 12.1. The predicted octanol–water partition coefficient (Wildman–Crippen LogP) is 1.96. The number of carbonyl (C=O) groups is 1. The lowest BCUT2D eigenvalue weighted by Gasteiger charge is -2.24. The molecule has 1 amide bonds. The molecule has 4 heteroatoms. The Kier molecular flexibility index (Phi) is 4.43. The standard InChI is InChI=1S/C12H16N2OS/c1-3-14(10-7-5-4-6-8-10)12(15)9(2)11(13)16/h4-9H,3H2,1-2H3,(H2,13,16). The summed E-state index contributed by atoms with van der Waals surface area (Å²) in [7, 11) is 0. The van der Waals surface area contributed by atoms with Crippen LogP contribution in [-0.4, -0.2) is 17.4 Å². The summed E-state index contributed by atoms with van der Waals surface area (Å²) in [6, 6.07) is 9.51. The van der Waals surface area contributed by atoms with Crippen molar-refractivity contribution in [3.05, 3.63) is 30.3 Å². The maximum Gasteiger partial charge on any atom is 0.236 e. The van der Waals surface area contributed by atoms with E-state index in [4.69, 9.17) is 18.0 Å². The van der Waals surface area contributed by atoms with Gasteiger partial charge in [0.05, 0.1) is 10.9 Å². The fraction of sp³-hybridized carbons (Fsp3) is 0.333. The minimum Gasteiger partial charge on any atom is -0.393 e. The molecule has 2 N–H and O–H groups in total. The Morgan fingerprint density at radius 3 is 2.44 bits per heavy atom. The van der Waals surface area contributed by atoms with Crippen LogP contribution in [0.1, 0.15) is 13.8 Å². The minimum atomic E-state index is -0.421. The highest BCUT2D eigenvalue weighted by Gasteiger charge is 2.22. The van der Waals surface area contributed by atoms with Crippen LogP contribution in [0.4, 0.5) is 5.69 Å². The number of carbonyl (C=O) groups excluding carboxylic acids is 1. The molecule has 1 aromatic carbocycles. The van der Waals surface area contributed by atoms with Gasteiger partial charge in [-0.05, 0) is 26.0 Å². The van der Waals surface area contributed by atoms with Gasteiger partial charge in [0.2, 0.25) is 5.91 Å². The number of para-hydroxylation sites is 1. The topological polar surface area (TPSA) is 46.3 Å². The summed E-state index contributed by atoms with van der Waals surface area (Å²) >= 11 is 4.84. The van der Waals surface area contributed by atoms with Crippen molar-refractivity contribution >= 4 is 28.8 Å². The van der Waals surface area contributed by atoms with Gasteiger partial charge < -0.3 is 10.6 Å². The molecule has 16 heavy (non-hydrogen) atoms. The average molecular weight is 236 g/mol. The molecule has 0 fully saturated rings. The van der Waals surface area contributed by atoms with Gasteiger partial charge in [-0.3, -0.25) is 4.79 Å². The van der Waals surface area contributed by atoms with Gasteiger partial charge in [0.1, 0.15) is 0 Å². The van der Waals surface area contributed by atoms with Crippen molar-refractivity contribution in [3.63, 3.8) is 0 Å². The van der Waals surface area contributed by atoms with Gasteiger partial charge in [0.15, 0.2) is 0 Å². The molecular weight excluding hydrogens is 220 g/mol. The smallest absolute Gasteiger partial charge is 0.236 e. The number of rotatable bonds is 4. The molecule has 1 unspecified atom stereocenters. The highest BCUT2D eigenvalue weighted by atomic mass is 32.1. The molecule has 0 aliphatic carbocycles. The van der Waals surface area contributed by atoms with E-state index >= 15 is 0 Å². The first-order chi connectivity index (χ1) is 7.57. The molecule has 0 radical (unpaired) electrons. The lowest BCUT2D eigenvalue weighted by atomic mass is 10.1. The fourth-order valence-corrected chi connectivity index (χ4v) is 1.53. The van der Waals surface area contributed by atoms with Crippen LogP contribution < -0.4 is 10.6 Å². The first-order valence-corrected chi connectivity index (χ1v) is 5.64. The van der Waals surface area contributed by atoms with Gasteiger partial charge in [-0.15, -0.1) is 0 Å². The van der Waals surface area contributed by atoms with E-state index in [0.717, 1.165) is 5.69 Å². The van der Waals surface area contributed by atoms with E-state index in [0.29, 0.717) is 6.54 Å². The molecule has 1 atom stereocenters. The second-order valence-electron chi connectivity index (χ2n) is 3.54. The van der Waals surface area contributed by atoms with E-state index < -0.39 is 5.92 Å². The number of nitrogens with two attached hydrogens (primary N) is 1. The van der Waals surface area contributed by atoms with E-state index in [-0.39, 0.29) is 10.9 Å². The van der Waals surface area contributed by atoms with Gasteiger partial charge in [0.25, 0.3) is 0 Å². The number of hydrogen-bond donors (Lipinski definition) is 1. The number of amides is 1. The molecule has 0 bridgehead atoms. The third-order valence-electron chi connectivity index (χ3n) is 2.45. The number of nitrogens with zero attached hydrogens (tertiary/aromatic N) is 1. The van der Waals surface area contributed by atoms with Crippen LogP contribution in [0.3, 0.4) is 0 Å². The molecule has 86 valence electrons. The Balaban J connectivity index is 2.91. The van der Waals surface area contributed by atoms with Crippen LogP contribution in [0.15, 0.2) is 30.3 Å². The molecule has 1 rings (SSSR count). The largest absolute Gasteiger partial charge is 0.393 e. The molecule has 0 heterocycles. The van der Waals surface area contributed by atoms with Crippen LogP contribution in [0.25, 0.3) is 0 Å². The Hall–Kier alpha value is -1.42. The second kappa shape index (κ2) is 5.61. The molecule has 0 saturated carbocycles. The minimum absolute atomic E-state index is 0.0544. The first-order valence-electron chi connectivity index (χ1n) is 5.23. The molecule has 0 aliphatic rings. The van der Waals surface area contributed by atoms with Gasteiger partial charge in [-0.25, -0.2) is 0 Å². The van der Waals surface area contributed by atoms with Crippen molar-refractivity contribution in [3.8, 4) is 0 Å². The van der Waals surface area contributed by atoms with E-state index in [9.17, 15) is 4.79 Å². The summed E-state index contributed by atoms with van der Waals surface area (Å²) in [4.78, 5) is 14.0. The summed E-state index contributed by atoms with van der Waals surface area (Å²) in [6.45, 7) is 4.27. The summed E-state index contributed by atoms with van der Waals surface area (Å²) in [5, 5.41) is 0. The Morgan fingerprint density at radius 1 is 1.44 bits per heavy atom. The molecule has 0 aromatic heterocycles. The molecule has 0 aliphatic heterocycles. The van der Waals surface area contributed by atoms with Crippen molar-refractivity contribution < 1.29 is 4.79 Å². The Morgan fingerprint density at radius 2 is 2.00 bits per heavy atom. The normalized spacial score (nSPS) is 11.9. The SMILES string of the molecule is CCN(C(=O)C(C)C(N)=S)c1ccccc1. The predicted molar refractivity (Wildman–Crippen MR) is 70.4 cm³/mol. The number of anilines is 1. The van der Waals surface area contributed by atoms with Crippen molar-refractivity contribution in [2.24, 2.45) is 11.7 Å². The number of thiocarbonyl (C=S) groups is 1. The summed E-state index contributed by atoms with van der Waals surface area (Å²) in [6.07, 6.45) is 0. The van der Waals surface area contributed by atoms with Gasteiger partial charge in [0, 0.05) is 12.2 Å². The summed E-state index contributed by atoms with van der Waals surface area (Å²) < 4.78 is 0. The van der Waals surface area contributed by atoms with E-state index in [1.807, 2.05) is 37.3 Å². The van der Waals surface area contributed by atoms with E-state index in [1.165, 1.54) is 0 Å². The monoisotopic (exact) mass is 236 g/mol. The summed E-state index contributed by atoms with van der Waals surface area (Å²) in [5.74, 6) is -0.476.